The maximum absolute atomic E-state index is 12.1. The maximum atomic E-state index is 12.1. The molecule has 9 heteroatoms. The molecule has 8 nitrogen and oxygen atoms in total. The van der Waals surface area contributed by atoms with E-state index in [-0.39, 0.29) is 42.0 Å². The Morgan fingerprint density at radius 2 is 2.19 bits per heavy atom. The van der Waals surface area contributed by atoms with Crippen molar-refractivity contribution < 1.29 is 23.5 Å². The van der Waals surface area contributed by atoms with E-state index in [1.807, 2.05) is 0 Å². The SMILES string of the molecule is CCOC(=O)c1nnc(SC2CC(=O)N(C(C)C)C2=O)o1. The van der Waals surface area contributed by atoms with Crippen molar-refractivity contribution in [3.05, 3.63) is 5.89 Å². The Morgan fingerprint density at radius 3 is 2.76 bits per heavy atom. The second-order valence-electron chi connectivity index (χ2n) is 4.60. The summed E-state index contributed by atoms with van der Waals surface area (Å²) in [4.78, 5) is 36.5. The van der Waals surface area contributed by atoms with E-state index in [1.165, 1.54) is 4.90 Å². The van der Waals surface area contributed by atoms with Crippen LogP contribution in [0.4, 0.5) is 0 Å². The van der Waals surface area contributed by atoms with Crippen molar-refractivity contribution in [2.75, 3.05) is 6.61 Å². The van der Waals surface area contributed by atoms with E-state index in [1.54, 1.807) is 20.8 Å². The van der Waals surface area contributed by atoms with Crippen molar-refractivity contribution in [2.24, 2.45) is 0 Å². The van der Waals surface area contributed by atoms with Crippen molar-refractivity contribution in [3.8, 4) is 0 Å². The van der Waals surface area contributed by atoms with Crippen molar-refractivity contribution in [1.82, 2.24) is 15.1 Å². The van der Waals surface area contributed by atoms with Crippen LogP contribution >= 0.6 is 11.8 Å². The van der Waals surface area contributed by atoms with E-state index in [2.05, 4.69) is 10.2 Å². The highest BCUT2D eigenvalue weighted by atomic mass is 32.2. The van der Waals surface area contributed by atoms with Gasteiger partial charge in [0.25, 0.3) is 5.22 Å². The Morgan fingerprint density at radius 1 is 1.48 bits per heavy atom. The summed E-state index contributed by atoms with van der Waals surface area (Å²) in [6.45, 7) is 5.40. The van der Waals surface area contributed by atoms with Crippen molar-refractivity contribution in [2.45, 2.75) is 43.7 Å². The average Bonchev–Trinajstić information content (AvgIpc) is 2.96. The standard InChI is InChI=1S/C12H15N3O5S/c1-4-19-11(18)9-13-14-12(20-9)21-7-5-8(16)15(6(2)3)10(7)17/h6-7H,4-5H2,1-3H3. The normalized spacial score (nSPS) is 18.7. The molecule has 1 saturated heterocycles. The summed E-state index contributed by atoms with van der Waals surface area (Å²) >= 11 is 0.980. The van der Waals surface area contributed by atoms with Crippen LogP contribution in [0.5, 0.6) is 0 Å². The number of hydrogen-bond acceptors (Lipinski definition) is 8. The lowest BCUT2D eigenvalue weighted by atomic mass is 10.3. The van der Waals surface area contributed by atoms with Crippen LogP contribution in [-0.2, 0) is 14.3 Å². The number of esters is 1. The fourth-order valence-electron chi connectivity index (χ4n) is 1.91. The molecule has 0 saturated carbocycles. The summed E-state index contributed by atoms with van der Waals surface area (Å²) in [6, 6.07) is -0.187. The van der Waals surface area contributed by atoms with Gasteiger partial charge in [0.05, 0.1) is 6.61 Å². The molecule has 2 rings (SSSR count). The minimum atomic E-state index is -0.713. The molecule has 1 aliphatic heterocycles. The second-order valence-corrected chi connectivity index (χ2v) is 5.75. The first-order valence-electron chi connectivity index (χ1n) is 6.47. The lowest BCUT2D eigenvalue weighted by molar-refractivity contribution is -0.140. The third-order valence-electron chi connectivity index (χ3n) is 2.76. The van der Waals surface area contributed by atoms with E-state index < -0.39 is 11.2 Å². The molecule has 0 radical (unpaired) electrons. The Bertz CT molecular complexity index is 571. The lowest BCUT2D eigenvalue weighted by Crippen LogP contribution is -2.37. The first-order valence-corrected chi connectivity index (χ1v) is 7.35. The van der Waals surface area contributed by atoms with Crippen LogP contribution in [-0.4, -0.2) is 50.8 Å². The molecule has 1 fully saturated rings. The van der Waals surface area contributed by atoms with Gasteiger partial charge in [0.2, 0.25) is 11.8 Å². The van der Waals surface area contributed by atoms with Gasteiger partial charge >= 0.3 is 11.9 Å². The van der Waals surface area contributed by atoms with Gasteiger partial charge < -0.3 is 9.15 Å². The summed E-state index contributed by atoms with van der Waals surface area (Å²) in [6.07, 6.45) is 0.0821. The van der Waals surface area contributed by atoms with E-state index in [4.69, 9.17) is 9.15 Å². The zero-order chi connectivity index (χ0) is 15.6. The van der Waals surface area contributed by atoms with Crippen LogP contribution in [0.3, 0.4) is 0 Å². The maximum Gasteiger partial charge on any atom is 0.396 e. The molecule has 1 aliphatic rings. The monoisotopic (exact) mass is 313 g/mol. The summed E-state index contributed by atoms with van der Waals surface area (Å²) < 4.78 is 9.85. The molecule has 1 aromatic rings. The first kappa shape index (κ1) is 15.5. The molecule has 1 aromatic heterocycles. The number of ether oxygens (including phenoxy) is 1. The van der Waals surface area contributed by atoms with Gasteiger partial charge in [-0.2, -0.15) is 0 Å². The van der Waals surface area contributed by atoms with E-state index in [0.717, 1.165) is 11.8 Å². The number of nitrogens with zero attached hydrogens (tertiary/aromatic N) is 3. The Hall–Kier alpha value is -1.90. The first-order chi connectivity index (χ1) is 9.93. The third-order valence-corrected chi connectivity index (χ3v) is 3.78. The number of carbonyl (C=O) groups is 3. The molecular formula is C12H15N3O5S. The number of rotatable bonds is 5. The molecule has 2 heterocycles. The number of thioether (sulfide) groups is 1. The van der Waals surface area contributed by atoms with Gasteiger partial charge in [-0.05, 0) is 20.8 Å². The number of likely N-dealkylation sites (tertiary alicyclic amines) is 1. The van der Waals surface area contributed by atoms with E-state index in [9.17, 15) is 14.4 Å². The Kier molecular flexibility index (Phi) is 4.61. The molecule has 0 N–H and O–H groups in total. The average molecular weight is 313 g/mol. The summed E-state index contributed by atoms with van der Waals surface area (Å²) in [5.41, 5.74) is 0. The smallest absolute Gasteiger partial charge is 0.396 e. The minimum absolute atomic E-state index is 0.0646. The molecule has 0 bridgehead atoms. The van der Waals surface area contributed by atoms with Gasteiger partial charge in [-0.25, -0.2) is 4.79 Å². The predicted octanol–water partition coefficient (Wildman–Crippen LogP) is 0.874. The van der Waals surface area contributed by atoms with Crippen LogP contribution < -0.4 is 0 Å². The van der Waals surface area contributed by atoms with Crippen molar-refractivity contribution >= 4 is 29.5 Å². The molecule has 2 amide bonds. The largest absolute Gasteiger partial charge is 0.459 e. The summed E-state index contributed by atoms with van der Waals surface area (Å²) in [5, 5.41) is 6.69. The molecule has 0 spiro atoms. The second kappa shape index (κ2) is 6.25. The molecule has 0 aliphatic carbocycles. The number of amides is 2. The van der Waals surface area contributed by atoms with Gasteiger partial charge in [-0.15, -0.1) is 5.10 Å². The van der Waals surface area contributed by atoms with Crippen molar-refractivity contribution in [3.63, 3.8) is 0 Å². The van der Waals surface area contributed by atoms with Gasteiger partial charge in [0, 0.05) is 12.5 Å². The zero-order valence-electron chi connectivity index (χ0n) is 11.9. The van der Waals surface area contributed by atoms with Crippen LogP contribution in [0.25, 0.3) is 0 Å². The van der Waals surface area contributed by atoms with E-state index >= 15 is 0 Å². The number of carbonyl (C=O) groups excluding carboxylic acids is 3. The quantitative estimate of drug-likeness (QED) is 0.583. The van der Waals surface area contributed by atoms with Gasteiger partial charge in [0.15, 0.2) is 0 Å². The predicted molar refractivity (Wildman–Crippen MR) is 71.5 cm³/mol. The van der Waals surface area contributed by atoms with Gasteiger partial charge in [-0.1, -0.05) is 16.9 Å². The number of aromatic nitrogens is 2. The highest BCUT2D eigenvalue weighted by Gasteiger charge is 2.41. The third kappa shape index (κ3) is 3.23. The van der Waals surface area contributed by atoms with Gasteiger partial charge in [0.1, 0.15) is 5.25 Å². The van der Waals surface area contributed by atoms with Crippen LogP contribution in [0.2, 0.25) is 0 Å². The van der Waals surface area contributed by atoms with Gasteiger partial charge in [-0.3, -0.25) is 14.5 Å². The number of imide groups is 1. The zero-order valence-corrected chi connectivity index (χ0v) is 12.7. The highest BCUT2D eigenvalue weighted by molar-refractivity contribution is 8.00. The lowest BCUT2D eigenvalue weighted by Gasteiger charge is -2.18. The molecule has 1 atom stereocenters. The Balaban J connectivity index is 2.04. The fraction of sp³-hybridized carbons (Fsp3) is 0.583. The molecule has 114 valence electrons. The Labute approximate surface area is 125 Å². The molecular weight excluding hydrogens is 298 g/mol. The summed E-state index contributed by atoms with van der Waals surface area (Å²) in [5.74, 6) is -1.49. The molecule has 0 aromatic carbocycles. The van der Waals surface area contributed by atoms with E-state index in [0.29, 0.717) is 0 Å². The fourth-order valence-corrected chi connectivity index (χ4v) is 2.81. The molecule has 21 heavy (non-hydrogen) atoms. The summed E-state index contributed by atoms with van der Waals surface area (Å²) in [7, 11) is 0. The van der Waals surface area contributed by atoms with Crippen molar-refractivity contribution in [1.29, 1.82) is 0 Å². The van der Waals surface area contributed by atoms with Crippen LogP contribution in [0.1, 0.15) is 37.9 Å². The highest BCUT2D eigenvalue weighted by Crippen LogP contribution is 2.31. The molecule has 1 unspecified atom stereocenters. The van der Waals surface area contributed by atoms with Crippen LogP contribution in [0.15, 0.2) is 9.64 Å². The minimum Gasteiger partial charge on any atom is -0.459 e. The topological polar surface area (TPSA) is 103 Å². The number of hydrogen-bond donors (Lipinski definition) is 0. The van der Waals surface area contributed by atoms with Crippen LogP contribution in [0, 0.1) is 0 Å².